The van der Waals surface area contributed by atoms with Crippen molar-refractivity contribution in [2.75, 3.05) is 26.1 Å². The summed E-state index contributed by atoms with van der Waals surface area (Å²) in [6.07, 6.45) is 0. The summed E-state index contributed by atoms with van der Waals surface area (Å²) in [5.74, 6) is -0.482. The molecule has 120 valence electrons. The Bertz CT molecular complexity index is 743. The summed E-state index contributed by atoms with van der Waals surface area (Å²) in [6, 6.07) is 10.8. The van der Waals surface area contributed by atoms with E-state index in [1.165, 1.54) is 25.3 Å². The van der Waals surface area contributed by atoms with Crippen LogP contribution < -0.4 is 14.4 Å². The average molecular weight is 316 g/mol. The molecule has 0 aliphatic carbocycles. The molecule has 2 aromatic rings. The summed E-state index contributed by atoms with van der Waals surface area (Å²) < 4.78 is 10.1. The molecule has 7 heteroatoms. The molecule has 0 fully saturated rings. The van der Waals surface area contributed by atoms with Crippen molar-refractivity contribution in [3.8, 4) is 11.5 Å². The Morgan fingerprint density at radius 3 is 2.52 bits per heavy atom. The smallest absolute Gasteiger partial charge is 0.343 e. The zero-order chi connectivity index (χ0) is 17.0. The van der Waals surface area contributed by atoms with Gasteiger partial charge in [0.2, 0.25) is 5.75 Å². The first-order valence-corrected chi connectivity index (χ1v) is 6.74. The molecule has 0 aromatic heterocycles. The van der Waals surface area contributed by atoms with Crippen LogP contribution in [-0.2, 0) is 0 Å². The molecule has 0 atom stereocenters. The molecule has 0 saturated heterocycles. The van der Waals surface area contributed by atoms with E-state index in [0.29, 0.717) is 11.3 Å². The summed E-state index contributed by atoms with van der Waals surface area (Å²) in [6.45, 7) is 0. The van der Waals surface area contributed by atoms with Crippen LogP contribution in [0, 0.1) is 10.1 Å². The summed E-state index contributed by atoms with van der Waals surface area (Å²) in [5, 5.41) is 11.1. The van der Waals surface area contributed by atoms with Crippen LogP contribution in [0.15, 0.2) is 42.5 Å². The lowest BCUT2D eigenvalue weighted by atomic mass is 10.2. The van der Waals surface area contributed by atoms with Gasteiger partial charge in [0.1, 0.15) is 5.75 Å². The molecule has 0 aliphatic rings. The zero-order valence-electron chi connectivity index (χ0n) is 13.0. The van der Waals surface area contributed by atoms with Gasteiger partial charge in [-0.3, -0.25) is 10.1 Å². The molecule has 23 heavy (non-hydrogen) atoms. The lowest BCUT2D eigenvalue weighted by Gasteiger charge is -2.13. The van der Waals surface area contributed by atoms with Gasteiger partial charge in [-0.1, -0.05) is 6.07 Å². The van der Waals surface area contributed by atoms with Crippen LogP contribution >= 0.6 is 0 Å². The van der Waals surface area contributed by atoms with Crippen LogP contribution in [-0.4, -0.2) is 32.1 Å². The van der Waals surface area contributed by atoms with Crippen molar-refractivity contribution in [3.63, 3.8) is 0 Å². The van der Waals surface area contributed by atoms with Crippen molar-refractivity contribution in [2.24, 2.45) is 0 Å². The first kappa shape index (κ1) is 16.3. The number of carbonyl (C=O) groups excluding carboxylic acids is 1. The number of hydrogen-bond acceptors (Lipinski definition) is 6. The third-order valence-electron chi connectivity index (χ3n) is 3.16. The SMILES string of the molecule is COc1ccc(OC(=O)c2cccc(N(C)C)c2)c([N+](=O)[O-])c1. The van der Waals surface area contributed by atoms with Gasteiger partial charge in [-0.05, 0) is 30.3 Å². The Morgan fingerprint density at radius 1 is 1.17 bits per heavy atom. The number of hydrogen-bond donors (Lipinski definition) is 0. The van der Waals surface area contributed by atoms with Gasteiger partial charge in [-0.25, -0.2) is 4.79 Å². The van der Waals surface area contributed by atoms with Gasteiger partial charge >= 0.3 is 11.7 Å². The lowest BCUT2D eigenvalue weighted by Crippen LogP contribution is -2.13. The van der Waals surface area contributed by atoms with E-state index in [2.05, 4.69) is 0 Å². The molecule has 7 nitrogen and oxygen atoms in total. The lowest BCUT2D eigenvalue weighted by molar-refractivity contribution is -0.385. The number of anilines is 1. The maximum atomic E-state index is 12.2. The van der Waals surface area contributed by atoms with Gasteiger partial charge in [0.05, 0.1) is 23.7 Å². The molecular formula is C16H16N2O5. The number of nitro benzene ring substituents is 1. The number of esters is 1. The van der Waals surface area contributed by atoms with E-state index < -0.39 is 10.9 Å². The first-order chi connectivity index (χ1) is 10.9. The normalized spacial score (nSPS) is 10.0. The van der Waals surface area contributed by atoms with E-state index in [4.69, 9.17) is 9.47 Å². The number of benzene rings is 2. The van der Waals surface area contributed by atoms with Crippen molar-refractivity contribution in [1.29, 1.82) is 0 Å². The topological polar surface area (TPSA) is 81.9 Å². The number of nitrogens with zero attached hydrogens (tertiary/aromatic N) is 2. The first-order valence-electron chi connectivity index (χ1n) is 6.74. The predicted octanol–water partition coefficient (Wildman–Crippen LogP) is 2.89. The summed E-state index contributed by atoms with van der Waals surface area (Å²) in [4.78, 5) is 24.5. The van der Waals surface area contributed by atoms with Crippen LogP contribution in [0.3, 0.4) is 0 Å². The summed E-state index contributed by atoms with van der Waals surface area (Å²) >= 11 is 0. The highest BCUT2D eigenvalue weighted by molar-refractivity contribution is 5.92. The predicted molar refractivity (Wildman–Crippen MR) is 85.4 cm³/mol. The molecular weight excluding hydrogens is 300 g/mol. The molecule has 0 saturated carbocycles. The van der Waals surface area contributed by atoms with Crippen LogP contribution in [0.25, 0.3) is 0 Å². The quantitative estimate of drug-likeness (QED) is 0.365. The fourth-order valence-corrected chi connectivity index (χ4v) is 1.92. The van der Waals surface area contributed by atoms with Gasteiger partial charge in [-0.15, -0.1) is 0 Å². The van der Waals surface area contributed by atoms with Crippen LogP contribution in [0.2, 0.25) is 0 Å². The number of methoxy groups -OCH3 is 1. The minimum absolute atomic E-state index is 0.129. The van der Waals surface area contributed by atoms with Crippen molar-refractivity contribution >= 4 is 17.3 Å². The molecule has 0 radical (unpaired) electrons. The molecule has 0 amide bonds. The monoisotopic (exact) mass is 316 g/mol. The van der Waals surface area contributed by atoms with Gasteiger partial charge in [0, 0.05) is 19.8 Å². The van der Waals surface area contributed by atoms with E-state index in [-0.39, 0.29) is 11.4 Å². The second kappa shape index (κ2) is 6.78. The van der Waals surface area contributed by atoms with E-state index in [1.807, 2.05) is 25.1 Å². The maximum absolute atomic E-state index is 12.2. The van der Waals surface area contributed by atoms with Crippen molar-refractivity contribution in [2.45, 2.75) is 0 Å². The van der Waals surface area contributed by atoms with Crippen molar-refractivity contribution < 1.29 is 19.2 Å². The highest BCUT2D eigenvalue weighted by Crippen LogP contribution is 2.31. The third-order valence-corrected chi connectivity index (χ3v) is 3.16. The van der Waals surface area contributed by atoms with Crippen LogP contribution in [0.5, 0.6) is 11.5 Å². The molecule has 0 spiro atoms. The molecule has 0 aliphatic heterocycles. The van der Waals surface area contributed by atoms with E-state index in [9.17, 15) is 14.9 Å². The van der Waals surface area contributed by atoms with Gasteiger partial charge < -0.3 is 14.4 Å². The van der Waals surface area contributed by atoms with Crippen LogP contribution in [0.1, 0.15) is 10.4 Å². The number of ether oxygens (including phenoxy) is 2. The van der Waals surface area contributed by atoms with Crippen molar-refractivity contribution in [3.05, 3.63) is 58.1 Å². The Morgan fingerprint density at radius 2 is 1.91 bits per heavy atom. The van der Waals surface area contributed by atoms with E-state index in [0.717, 1.165) is 5.69 Å². The Kier molecular flexibility index (Phi) is 4.80. The maximum Gasteiger partial charge on any atom is 0.343 e. The largest absolute Gasteiger partial charge is 0.496 e. The second-order valence-corrected chi connectivity index (χ2v) is 4.93. The van der Waals surface area contributed by atoms with Gasteiger partial charge in [-0.2, -0.15) is 0 Å². The Balaban J connectivity index is 2.30. The minimum Gasteiger partial charge on any atom is -0.496 e. The summed E-state index contributed by atoms with van der Waals surface area (Å²) in [7, 11) is 5.09. The number of rotatable bonds is 5. The molecule has 2 aromatic carbocycles. The third kappa shape index (κ3) is 3.76. The Labute approximate surface area is 133 Å². The van der Waals surface area contributed by atoms with Gasteiger partial charge in [0.25, 0.3) is 0 Å². The summed E-state index contributed by atoms with van der Waals surface area (Å²) in [5.41, 5.74) is 0.798. The van der Waals surface area contributed by atoms with Crippen molar-refractivity contribution in [1.82, 2.24) is 0 Å². The Hall–Kier alpha value is -3.09. The van der Waals surface area contributed by atoms with Gasteiger partial charge in [0.15, 0.2) is 0 Å². The molecule has 0 unspecified atom stereocenters. The molecule has 0 heterocycles. The standard InChI is InChI=1S/C16H16N2O5/c1-17(2)12-6-4-5-11(9-12)16(19)23-15-8-7-13(22-3)10-14(15)18(20)21/h4-10H,1-3H3. The van der Waals surface area contributed by atoms with Crippen LogP contribution in [0.4, 0.5) is 11.4 Å². The van der Waals surface area contributed by atoms with E-state index in [1.54, 1.807) is 18.2 Å². The minimum atomic E-state index is -0.665. The molecule has 0 bridgehead atoms. The zero-order valence-corrected chi connectivity index (χ0v) is 13.0. The molecule has 0 N–H and O–H groups in total. The number of carbonyl (C=O) groups is 1. The number of nitro groups is 1. The second-order valence-electron chi connectivity index (χ2n) is 4.93. The fourth-order valence-electron chi connectivity index (χ4n) is 1.92. The fraction of sp³-hybridized carbons (Fsp3) is 0.188. The van der Waals surface area contributed by atoms with E-state index >= 15 is 0 Å². The highest BCUT2D eigenvalue weighted by atomic mass is 16.6. The molecule has 2 rings (SSSR count). The highest BCUT2D eigenvalue weighted by Gasteiger charge is 2.20. The average Bonchev–Trinajstić information content (AvgIpc) is 2.55.